The molecule has 0 amide bonds. The van der Waals surface area contributed by atoms with Crippen LogP contribution in [0.5, 0.6) is 0 Å². The third-order valence-electron chi connectivity index (χ3n) is 3.75. The molecule has 0 bridgehead atoms. The lowest BCUT2D eigenvalue weighted by atomic mass is 9.89. The summed E-state index contributed by atoms with van der Waals surface area (Å²) in [6.45, 7) is 3.96. The number of unbranched alkanes of at least 4 members (excludes halogenated alkanes) is 2. The van der Waals surface area contributed by atoms with E-state index in [-0.39, 0.29) is 30.8 Å². The molecule has 0 aromatic carbocycles. The first-order valence-corrected chi connectivity index (χ1v) is 9.17. The number of piperazine rings is 1. The smallest absolute Gasteiger partial charge is 0.306 e. The molecule has 1 aliphatic heterocycles. The molecule has 8 heteroatoms. The van der Waals surface area contributed by atoms with Crippen LogP contribution in [-0.4, -0.2) is 47.8 Å². The van der Waals surface area contributed by atoms with Crippen LogP contribution in [0.15, 0.2) is 0 Å². The molecule has 1 aliphatic rings. The van der Waals surface area contributed by atoms with E-state index in [0.717, 1.165) is 32.4 Å². The highest BCUT2D eigenvalue weighted by Gasteiger charge is 2.30. The number of nitrogens with one attached hydrogen (secondary N) is 2. The lowest BCUT2D eigenvalue weighted by molar-refractivity contribution is -0.146. The summed E-state index contributed by atoms with van der Waals surface area (Å²) in [6.07, 6.45) is 3.70. The van der Waals surface area contributed by atoms with Gasteiger partial charge in [0, 0.05) is 25.6 Å². The zero-order valence-electron chi connectivity index (χ0n) is 13.4. The van der Waals surface area contributed by atoms with E-state index in [4.69, 9.17) is 39.5 Å². The molecule has 1 fully saturated rings. The van der Waals surface area contributed by atoms with Gasteiger partial charge in [-0.25, -0.2) is 0 Å². The molecule has 23 heavy (non-hydrogen) atoms. The fraction of sp³-hybridized carbons (Fsp3) is 0.867. The number of esters is 1. The van der Waals surface area contributed by atoms with Gasteiger partial charge in [-0.1, -0.05) is 61.0 Å². The first-order chi connectivity index (χ1) is 10.8. The van der Waals surface area contributed by atoms with Gasteiger partial charge in [-0.3, -0.25) is 9.59 Å². The summed E-state index contributed by atoms with van der Waals surface area (Å²) in [5.74, 6) is -0.809. The van der Waals surface area contributed by atoms with Crippen molar-refractivity contribution in [2.75, 3.05) is 26.2 Å². The van der Waals surface area contributed by atoms with Gasteiger partial charge < -0.3 is 15.4 Å². The maximum atomic E-state index is 12.6. The zero-order valence-corrected chi connectivity index (χ0v) is 15.6. The number of ketones is 1. The van der Waals surface area contributed by atoms with Gasteiger partial charge >= 0.3 is 5.97 Å². The molecule has 0 radical (unpaired) electrons. The molecule has 0 aromatic rings. The number of hydrogen-bond acceptors (Lipinski definition) is 5. The predicted octanol–water partition coefficient (Wildman–Crippen LogP) is 2.62. The number of Topliss-reactive ketones (excluding diaryl/α,β-unsaturated/α-hetero) is 1. The van der Waals surface area contributed by atoms with Crippen molar-refractivity contribution in [2.24, 2.45) is 5.92 Å². The molecule has 0 saturated carbocycles. The van der Waals surface area contributed by atoms with E-state index in [9.17, 15) is 9.59 Å². The highest BCUT2D eigenvalue weighted by Crippen LogP contribution is 2.26. The molecule has 0 aliphatic carbocycles. The largest absolute Gasteiger partial charge is 0.461 e. The van der Waals surface area contributed by atoms with E-state index in [0.29, 0.717) is 13.0 Å². The van der Waals surface area contributed by atoms with Crippen molar-refractivity contribution < 1.29 is 14.3 Å². The van der Waals surface area contributed by atoms with Gasteiger partial charge in [-0.2, -0.15) is 0 Å². The molecule has 2 atom stereocenters. The van der Waals surface area contributed by atoms with Gasteiger partial charge in [-0.05, 0) is 6.42 Å². The van der Waals surface area contributed by atoms with Crippen molar-refractivity contribution in [3.8, 4) is 0 Å². The average molecular weight is 388 g/mol. The standard InChI is InChI=1S/C15H25Cl3N2O3/c1-2-3-4-5-11(8-13(21)23-10-15(16,17)18)14(22)12-9-19-6-7-20-12/h11-12,19-20H,2-10H2,1H3/t11-,12-/m0/s1. The minimum absolute atomic E-state index is 0.0292. The Morgan fingerprint density at radius 2 is 2.00 bits per heavy atom. The SMILES string of the molecule is CCCCC[C@@H](CC(=O)OCC(Cl)(Cl)Cl)C(=O)[C@@H]1CNCCN1. The minimum atomic E-state index is -1.63. The van der Waals surface area contributed by atoms with E-state index in [2.05, 4.69) is 17.6 Å². The molecule has 1 rings (SSSR count). The highest BCUT2D eigenvalue weighted by molar-refractivity contribution is 6.67. The second kappa shape index (κ2) is 10.7. The zero-order chi connectivity index (χ0) is 17.3. The Labute approximate surface area is 152 Å². The molecule has 0 aromatic heterocycles. The fourth-order valence-electron chi connectivity index (χ4n) is 2.55. The Hall–Kier alpha value is -0.0700. The monoisotopic (exact) mass is 386 g/mol. The molecular weight excluding hydrogens is 363 g/mol. The van der Waals surface area contributed by atoms with Gasteiger partial charge in [0.05, 0.1) is 12.5 Å². The van der Waals surface area contributed by atoms with E-state index in [1.807, 2.05) is 0 Å². The molecule has 2 N–H and O–H groups in total. The van der Waals surface area contributed by atoms with E-state index in [1.165, 1.54) is 0 Å². The van der Waals surface area contributed by atoms with E-state index in [1.54, 1.807) is 0 Å². The van der Waals surface area contributed by atoms with Crippen molar-refractivity contribution in [1.82, 2.24) is 10.6 Å². The number of carbonyl (C=O) groups excluding carboxylic acids is 2. The molecule has 134 valence electrons. The predicted molar refractivity (Wildman–Crippen MR) is 93.2 cm³/mol. The van der Waals surface area contributed by atoms with E-state index >= 15 is 0 Å². The van der Waals surface area contributed by atoms with Crippen LogP contribution in [0.4, 0.5) is 0 Å². The van der Waals surface area contributed by atoms with Crippen LogP contribution >= 0.6 is 34.8 Å². The molecule has 5 nitrogen and oxygen atoms in total. The molecule has 0 spiro atoms. The van der Waals surface area contributed by atoms with Crippen molar-refractivity contribution in [3.05, 3.63) is 0 Å². The second-order valence-corrected chi connectivity index (χ2v) is 8.30. The summed E-state index contributed by atoms with van der Waals surface area (Å²) in [4.78, 5) is 24.6. The van der Waals surface area contributed by atoms with E-state index < -0.39 is 9.76 Å². The first-order valence-electron chi connectivity index (χ1n) is 8.03. The van der Waals surface area contributed by atoms with Crippen molar-refractivity contribution in [2.45, 2.75) is 48.9 Å². The summed E-state index contributed by atoms with van der Waals surface area (Å²) in [7, 11) is 0. The second-order valence-electron chi connectivity index (χ2n) is 5.79. The lowest BCUT2D eigenvalue weighted by Crippen LogP contribution is -2.54. The normalized spacial score (nSPS) is 20.1. The number of ether oxygens (including phenoxy) is 1. The van der Waals surface area contributed by atoms with Crippen LogP contribution in [0.1, 0.15) is 39.0 Å². The maximum Gasteiger partial charge on any atom is 0.306 e. The van der Waals surface area contributed by atoms with Crippen molar-refractivity contribution in [3.63, 3.8) is 0 Å². The topological polar surface area (TPSA) is 67.4 Å². The van der Waals surface area contributed by atoms with Gasteiger partial charge in [0.15, 0.2) is 5.78 Å². The van der Waals surface area contributed by atoms with Gasteiger partial charge in [0.2, 0.25) is 3.79 Å². The summed E-state index contributed by atoms with van der Waals surface area (Å²) in [6, 6.07) is -0.253. The number of alkyl halides is 3. The highest BCUT2D eigenvalue weighted by atomic mass is 35.6. The summed E-state index contributed by atoms with van der Waals surface area (Å²) in [5, 5.41) is 6.38. The molecule has 1 saturated heterocycles. The summed E-state index contributed by atoms with van der Waals surface area (Å²) < 4.78 is 3.33. The Bertz CT molecular complexity index is 383. The first kappa shape index (κ1) is 21.0. The summed E-state index contributed by atoms with van der Waals surface area (Å²) in [5.41, 5.74) is 0. The van der Waals surface area contributed by atoms with Crippen LogP contribution in [0.3, 0.4) is 0 Å². The van der Waals surface area contributed by atoms with Crippen LogP contribution in [0, 0.1) is 5.92 Å². The Balaban J connectivity index is 2.56. The third-order valence-corrected chi connectivity index (χ3v) is 4.08. The Morgan fingerprint density at radius 3 is 2.57 bits per heavy atom. The Morgan fingerprint density at radius 1 is 1.26 bits per heavy atom. The van der Waals surface area contributed by atoms with Crippen LogP contribution in [0.2, 0.25) is 0 Å². The van der Waals surface area contributed by atoms with Gasteiger partial charge in [-0.15, -0.1) is 0 Å². The fourth-order valence-corrected chi connectivity index (χ4v) is 2.71. The molecule has 1 heterocycles. The number of halogens is 3. The quantitative estimate of drug-likeness (QED) is 0.362. The number of carbonyl (C=O) groups is 2. The van der Waals surface area contributed by atoms with Gasteiger partial charge in [0.25, 0.3) is 0 Å². The third kappa shape index (κ3) is 9.11. The van der Waals surface area contributed by atoms with Crippen molar-refractivity contribution >= 4 is 46.6 Å². The molecule has 0 unspecified atom stereocenters. The Kier molecular flexibility index (Phi) is 9.78. The number of hydrogen-bond donors (Lipinski definition) is 2. The van der Waals surface area contributed by atoms with Crippen LogP contribution < -0.4 is 10.6 Å². The van der Waals surface area contributed by atoms with Crippen LogP contribution in [0.25, 0.3) is 0 Å². The molecular formula is C15H25Cl3N2O3. The maximum absolute atomic E-state index is 12.6. The average Bonchev–Trinajstić information content (AvgIpc) is 2.51. The lowest BCUT2D eigenvalue weighted by Gasteiger charge is -2.27. The van der Waals surface area contributed by atoms with Crippen LogP contribution in [-0.2, 0) is 14.3 Å². The summed E-state index contributed by atoms with van der Waals surface area (Å²) >= 11 is 16.7. The van der Waals surface area contributed by atoms with Gasteiger partial charge in [0.1, 0.15) is 6.61 Å². The minimum Gasteiger partial charge on any atom is -0.461 e. The van der Waals surface area contributed by atoms with Crippen molar-refractivity contribution in [1.29, 1.82) is 0 Å². The number of rotatable bonds is 9.